The van der Waals surface area contributed by atoms with E-state index in [1.807, 2.05) is 4.98 Å². The fourth-order valence-corrected chi connectivity index (χ4v) is 1.44. The van der Waals surface area contributed by atoms with Crippen LogP contribution in [0.3, 0.4) is 0 Å². The van der Waals surface area contributed by atoms with Crippen LogP contribution >= 0.6 is 0 Å². The highest BCUT2D eigenvalue weighted by atomic mass is 19.1. The van der Waals surface area contributed by atoms with Crippen molar-refractivity contribution in [2.75, 3.05) is 27.4 Å². The van der Waals surface area contributed by atoms with E-state index in [0.717, 1.165) is 10.8 Å². The molecule has 0 fully saturated rings. The third kappa shape index (κ3) is 4.28. The number of carbonyl (C=O) groups is 1. The van der Waals surface area contributed by atoms with E-state index in [9.17, 15) is 18.8 Å². The summed E-state index contributed by atoms with van der Waals surface area (Å²) in [5.74, 6) is -1.63. The van der Waals surface area contributed by atoms with Crippen LogP contribution in [-0.2, 0) is 19.0 Å². The fourth-order valence-electron chi connectivity index (χ4n) is 1.44. The second-order valence-electron chi connectivity index (χ2n) is 3.75. The molecule has 0 aliphatic rings. The molecule has 1 heterocycles. The van der Waals surface area contributed by atoms with Crippen molar-refractivity contribution in [3.05, 3.63) is 32.9 Å². The summed E-state index contributed by atoms with van der Waals surface area (Å²) in [6.45, 7) is -0.150. The summed E-state index contributed by atoms with van der Waals surface area (Å²) in [5.41, 5.74) is -1.89. The lowest BCUT2D eigenvalue weighted by Crippen LogP contribution is -2.34. The largest absolute Gasteiger partial charge is 0.467 e. The van der Waals surface area contributed by atoms with Crippen LogP contribution in [0.4, 0.5) is 4.39 Å². The smallest absolute Gasteiger partial charge is 0.331 e. The highest BCUT2D eigenvalue weighted by Gasteiger charge is 2.14. The van der Waals surface area contributed by atoms with Crippen LogP contribution in [-0.4, -0.2) is 43.0 Å². The number of ether oxygens (including phenoxy) is 3. The Labute approximate surface area is 113 Å². The number of nitrogens with zero attached hydrogens (tertiary/aromatic N) is 1. The fraction of sp³-hybridized carbons (Fsp3) is 0.545. The first-order valence-electron chi connectivity index (χ1n) is 5.68. The van der Waals surface area contributed by atoms with Crippen molar-refractivity contribution >= 4 is 5.97 Å². The Kier molecular flexibility index (Phi) is 6.07. The van der Waals surface area contributed by atoms with Gasteiger partial charge in [0.2, 0.25) is 5.82 Å². The summed E-state index contributed by atoms with van der Waals surface area (Å²) in [4.78, 5) is 35.1. The summed E-state index contributed by atoms with van der Waals surface area (Å²) in [6, 6.07) is 0. The summed E-state index contributed by atoms with van der Waals surface area (Å²) in [6.07, 6.45) is 0.112. The highest BCUT2D eigenvalue weighted by molar-refractivity contribution is 5.70. The van der Waals surface area contributed by atoms with E-state index in [2.05, 4.69) is 4.74 Å². The first kappa shape index (κ1) is 16.1. The van der Waals surface area contributed by atoms with Crippen LogP contribution in [0.15, 0.2) is 15.8 Å². The molecule has 0 saturated carbocycles. The monoisotopic (exact) mass is 290 g/mol. The van der Waals surface area contributed by atoms with Crippen LogP contribution in [0.2, 0.25) is 0 Å². The van der Waals surface area contributed by atoms with Gasteiger partial charge in [-0.3, -0.25) is 14.3 Å². The number of halogens is 1. The third-order valence-electron chi connectivity index (χ3n) is 2.46. The van der Waals surface area contributed by atoms with E-state index >= 15 is 0 Å². The number of esters is 1. The SMILES string of the molecule is COC(=O)COCC[C@@H](OC)n1cc(F)c(=O)[nH]c1=O. The number of rotatable bonds is 7. The van der Waals surface area contributed by atoms with Crippen molar-refractivity contribution in [3.63, 3.8) is 0 Å². The van der Waals surface area contributed by atoms with Gasteiger partial charge in [0.05, 0.1) is 19.9 Å². The standard InChI is InChI=1S/C11H15FN2O6/c1-18-8(3-4-20-6-9(15)19-2)14-5-7(12)10(16)13-11(14)17/h5,8H,3-4,6H2,1-2H3,(H,13,16,17)/t8-/m1/s1. The Balaban J connectivity index is 2.67. The lowest BCUT2D eigenvalue weighted by molar-refractivity contribution is -0.146. The minimum Gasteiger partial charge on any atom is -0.467 e. The number of carbonyl (C=O) groups excluding carboxylic acids is 1. The molecule has 9 heteroatoms. The Bertz CT molecular complexity index is 567. The Morgan fingerprint density at radius 2 is 2.15 bits per heavy atom. The van der Waals surface area contributed by atoms with Gasteiger partial charge in [0, 0.05) is 13.5 Å². The van der Waals surface area contributed by atoms with Gasteiger partial charge in [-0.1, -0.05) is 0 Å². The van der Waals surface area contributed by atoms with Gasteiger partial charge in [-0.25, -0.2) is 9.59 Å². The van der Waals surface area contributed by atoms with E-state index < -0.39 is 29.3 Å². The van der Waals surface area contributed by atoms with Gasteiger partial charge in [-0.05, 0) is 0 Å². The van der Waals surface area contributed by atoms with Gasteiger partial charge in [0.25, 0.3) is 5.56 Å². The van der Waals surface area contributed by atoms with Gasteiger partial charge in [-0.2, -0.15) is 4.39 Å². The summed E-state index contributed by atoms with van der Waals surface area (Å²) < 4.78 is 28.4. The Morgan fingerprint density at radius 1 is 1.45 bits per heavy atom. The average Bonchev–Trinajstić information content (AvgIpc) is 2.43. The first-order chi connectivity index (χ1) is 9.49. The quantitative estimate of drug-likeness (QED) is 0.532. The topological polar surface area (TPSA) is 99.6 Å². The van der Waals surface area contributed by atoms with Crippen LogP contribution < -0.4 is 11.2 Å². The van der Waals surface area contributed by atoms with E-state index in [0.29, 0.717) is 0 Å². The van der Waals surface area contributed by atoms with Gasteiger partial charge in [-0.15, -0.1) is 0 Å². The molecule has 0 saturated heterocycles. The van der Waals surface area contributed by atoms with Gasteiger partial charge in [0.1, 0.15) is 12.8 Å². The van der Waals surface area contributed by atoms with Crippen LogP contribution in [0.25, 0.3) is 0 Å². The molecule has 0 aliphatic carbocycles. The zero-order valence-corrected chi connectivity index (χ0v) is 11.1. The van der Waals surface area contributed by atoms with Gasteiger partial charge < -0.3 is 14.2 Å². The normalized spacial score (nSPS) is 12.2. The molecule has 1 aromatic rings. The first-order valence-corrected chi connectivity index (χ1v) is 5.68. The zero-order valence-electron chi connectivity index (χ0n) is 11.1. The number of aromatic nitrogens is 2. The number of nitrogens with one attached hydrogen (secondary N) is 1. The van der Waals surface area contributed by atoms with Gasteiger partial charge >= 0.3 is 11.7 Å². The van der Waals surface area contributed by atoms with Gasteiger partial charge in [0.15, 0.2) is 0 Å². The predicted molar refractivity (Wildman–Crippen MR) is 64.8 cm³/mol. The lowest BCUT2D eigenvalue weighted by atomic mass is 10.4. The molecule has 1 atom stereocenters. The minimum atomic E-state index is -1.10. The van der Waals surface area contributed by atoms with Crippen LogP contribution in [0.5, 0.6) is 0 Å². The maximum absolute atomic E-state index is 13.1. The molecule has 0 aliphatic heterocycles. The molecule has 1 N–H and O–H groups in total. The van der Waals surface area contributed by atoms with Crippen LogP contribution in [0.1, 0.15) is 12.6 Å². The number of hydrogen-bond acceptors (Lipinski definition) is 6. The van der Waals surface area contributed by atoms with Crippen LogP contribution in [0, 0.1) is 5.82 Å². The highest BCUT2D eigenvalue weighted by Crippen LogP contribution is 2.09. The van der Waals surface area contributed by atoms with Crippen molar-refractivity contribution < 1.29 is 23.4 Å². The molecule has 112 valence electrons. The molecule has 1 aromatic heterocycles. The molecular formula is C11H15FN2O6. The Morgan fingerprint density at radius 3 is 2.75 bits per heavy atom. The molecule has 0 bridgehead atoms. The molecule has 0 spiro atoms. The zero-order chi connectivity index (χ0) is 15.1. The Hall–Kier alpha value is -2.00. The van der Waals surface area contributed by atoms with E-state index in [-0.39, 0.29) is 19.6 Å². The molecule has 0 aromatic carbocycles. The van der Waals surface area contributed by atoms with E-state index in [1.165, 1.54) is 14.2 Å². The maximum Gasteiger partial charge on any atom is 0.331 e. The molecule has 8 nitrogen and oxygen atoms in total. The van der Waals surface area contributed by atoms with Crippen molar-refractivity contribution in [2.45, 2.75) is 12.6 Å². The summed E-state index contributed by atoms with van der Waals surface area (Å²) in [5, 5.41) is 0. The molecular weight excluding hydrogens is 275 g/mol. The third-order valence-corrected chi connectivity index (χ3v) is 2.46. The number of methoxy groups -OCH3 is 2. The second kappa shape index (κ2) is 7.56. The molecule has 20 heavy (non-hydrogen) atoms. The number of H-pyrrole nitrogens is 1. The molecule has 0 radical (unpaired) electrons. The van der Waals surface area contributed by atoms with E-state index in [1.54, 1.807) is 0 Å². The average molecular weight is 290 g/mol. The number of aromatic amines is 1. The molecule has 0 amide bonds. The van der Waals surface area contributed by atoms with Crippen molar-refractivity contribution in [1.82, 2.24) is 9.55 Å². The van der Waals surface area contributed by atoms with Crippen molar-refractivity contribution in [1.29, 1.82) is 0 Å². The second-order valence-corrected chi connectivity index (χ2v) is 3.75. The number of hydrogen-bond donors (Lipinski definition) is 1. The summed E-state index contributed by atoms with van der Waals surface area (Å²) in [7, 11) is 2.55. The van der Waals surface area contributed by atoms with Crippen molar-refractivity contribution in [3.8, 4) is 0 Å². The van der Waals surface area contributed by atoms with Crippen molar-refractivity contribution in [2.24, 2.45) is 0 Å². The predicted octanol–water partition coefficient (Wildman–Crippen LogP) is -0.600. The molecule has 0 unspecified atom stereocenters. The minimum absolute atomic E-state index is 0.0841. The molecule has 1 rings (SSSR count). The maximum atomic E-state index is 13.1. The summed E-state index contributed by atoms with van der Waals surface area (Å²) >= 11 is 0. The lowest BCUT2D eigenvalue weighted by Gasteiger charge is -2.17. The van der Waals surface area contributed by atoms with E-state index in [4.69, 9.17) is 9.47 Å².